The quantitative estimate of drug-likeness (QED) is 0.266. The molecule has 0 aliphatic carbocycles. The van der Waals surface area contributed by atoms with Crippen molar-refractivity contribution in [2.24, 2.45) is 0 Å². The number of rotatable bonds is 9. The molecule has 13 nitrogen and oxygen atoms in total. The highest BCUT2D eigenvalue weighted by atomic mass is 35.5. The van der Waals surface area contributed by atoms with Crippen LogP contribution in [-0.2, 0) is 25.6 Å². The molecule has 238 valence electrons. The molecule has 15 heteroatoms. The fourth-order valence-corrected chi connectivity index (χ4v) is 4.83. The maximum Gasteiger partial charge on any atom is 0.343 e. The molecule has 46 heavy (non-hydrogen) atoms. The van der Waals surface area contributed by atoms with E-state index in [4.69, 9.17) is 30.5 Å². The maximum atomic E-state index is 15.0. The molecule has 0 saturated carbocycles. The van der Waals surface area contributed by atoms with Gasteiger partial charge < -0.3 is 23.9 Å². The molecule has 3 heterocycles. The minimum Gasteiger partial charge on any atom is -0.463 e. The van der Waals surface area contributed by atoms with Crippen LogP contribution in [0.25, 0.3) is 0 Å². The molecule has 2 aromatic heterocycles. The SMILES string of the molecule is CC(=O)OC[C@H]1O[C@@H](n2cc(F)c(=O)n(C(=O)c3cccc(C(=O)Oc4cc(=O)[nH]cc4Cl)c3)c2=O)C[C@@H]1OCc1ccccc1. The molecular formula is C31H25ClFN3O10. The number of hydrogen-bond donors (Lipinski definition) is 1. The van der Waals surface area contributed by atoms with Gasteiger partial charge in [-0.05, 0) is 23.8 Å². The van der Waals surface area contributed by atoms with E-state index >= 15 is 0 Å². The molecular weight excluding hydrogens is 629 g/mol. The van der Waals surface area contributed by atoms with E-state index in [1.807, 2.05) is 30.3 Å². The molecule has 1 saturated heterocycles. The lowest BCUT2D eigenvalue weighted by Crippen LogP contribution is -2.46. The van der Waals surface area contributed by atoms with Gasteiger partial charge in [0.2, 0.25) is 5.82 Å². The van der Waals surface area contributed by atoms with Crippen molar-refractivity contribution in [3.05, 3.63) is 132 Å². The van der Waals surface area contributed by atoms with Gasteiger partial charge in [-0.15, -0.1) is 0 Å². The number of hydrogen-bond acceptors (Lipinski definition) is 10. The predicted molar refractivity (Wildman–Crippen MR) is 158 cm³/mol. The summed E-state index contributed by atoms with van der Waals surface area (Å²) in [5.41, 5.74) is -3.02. The van der Waals surface area contributed by atoms with Crippen LogP contribution in [0.15, 0.2) is 87.4 Å². The van der Waals surface area contributed by atoms with E-state index in [1.165, 1.54) is 25.1 Å². The van der Waals surface area contributed by atoms with E-state index in [-0.39, 0.29) is 46.1 Å². The molecule has 0 radical (unpaired) electrons. The Kier molecular flexibility index (Phi) is 9.70. The van der Waals surface area contributed by atoms with Crippen LogP contribution in [0, 0.1) is 5.82 Å². The fourth-order valence-electron chi connectivity index (χ4n) is 4.68. The molecule has 0 spiro atoms. The summed E-state index contributed by atoms with van der Waals surface area (Å²) in [6.45, 7) is 1.14. The third-order valence-electron chi connectivity index (χ3n) is 6.91. The average molecular weight is 654 g/mol. The van der Waals surface area contributed by atoms with Gasteiger partial charge in [0.15, 0.2) is 5.75 Å². The molecule has 0 unspecified atom stereocenters. The Labute approximate surface area is 263 Å². The van der Waals surface area contributed by atoms with E-state index in [0.29, 0.717) is 6.20 Å². The Balaban J connectivity index is 1.42. The summed E-state index contributed by atoms with van der Waals surface area (Å²) < 4.78 is 37.9. The maximum absolute atomic E-state index is 15.0. The summed E-state index contributed by atoms with van der Waals surface area (Å²) in [7, 11) is 0. The molecule has 3 atom stereocenters. The van der Waals surface area contributed by atoms with Gasteiger partial charge in [-0.1, -0.05) is 48.0 Å². The van der Waals surface area contributed by atoms with Gasteiger partial charge in [-0.3, -0.25) is 23.7 Å². The van der Waals surface area contributed by atoms with Gasteiger partial charge in [0.05, 0.1) is 29.5 Å². The van der Waals surface area contributed by atoms with E-state index in [9.17, 15) is 33.2 Å². The van der Waals surface area contributed by atoms with Crippen molar-refractivity contribution in [3.63, 3.8) is 0 Å². The molecule has 1 aliphatic heterocycles. The standard InChI is InChI=1S/C31H25ClFN3O10/c1-17(37)43-16-25-24(44-15-18-6-3-2-4-7-18)12-27(45-25)35-14-22(33)29(40)36(31(35)42)28(39)19-8-5-9-20(10-19)30(41)46-23-11-26(38)34-13-21(23)32/h2-11,13-14,24-25,27H,12,15-16H2,1H3,(H,34,38)/t24-,25+,27+/m0/s1. The predicted octanol–water partition coefficient (Wildman–Crippen LogP) is 2.83. The number of nitrogens with zero attached hydrogens (tertiary/aromatic N) is 2. The molecule has 1 fully saturated rings. The van der Waals surface area contributed by atoms with Crippen LogP contribution in [0.1, 0.15) is 45.9 Å². The second kappa shape index (κ2) is 13.9. The monoisotopic (exact) mass is 653 g/mol. The van der Waals surface area contributed by atoms with Crippen molar-refractivity contribution >= 4 is 29.4 Å². The van der Waals surface area contributed by atoms with Crippen LogP contribution >= 0.6 is 11.6 Å². The largest absolute Gasteiger partial charge is 0.463 e. The summed E-state index contributed by atoms with van der Waals surface area (Å²) in [6.07, 6.45) is -1.05. The molecule has 0 bridgehead atoms. The number of benzene rings is 2. The first kappa shape index (κ1) is 32.2. The summed E-state index contributed by atoms with van der Waals surface area (Å²) in [4.78, 5) is 77.8. The van der Waals surface area contributed by atoms with E-state index < -0.39 is 58.9 Å². The normalized spacial score (nSPS) is 17.4. The van der Waals surface area contributed by atoms with Crippen LogP contribution in [0.2, 0.25) is 5.02 Å². The van der Waals surface area contributed by atoms with Gasteiger partial charge in [0.25, 0.3) is 17.0 Å². The van der Waals surface area contributed by atoms with Crippen molar-refractivity contribution < 1.29 is 37.7 Å². The van der Waals surface area contributed by atoms with Crippen molar-refractivity contribution in [2.75, 3.05) is 6.61 Å². The smallest absolute Gasteiger partial charge is 0.343 e. The second-order valence-electron chi connectivity index (χ2n) is 10.1. The lowest BCUT2D eigenvalue weighted by molar-refractivity contribution is -0.148. The lowest BCUT2D eigenvalue weighted by atomic mass is 10.1. The summed E-state index contributed by atoms with van der Waals surface area (Å²) in [5.74, 6) is -4.50. The van der Waals surface area contributed by atoms with Gasteiger partial charge >= 0.3 is 17.6 Å². The van der Waals surface area contributed by atoms with Crippen molar-refractivity contribution in [3.8, 4) is 5.75 Å². The Morgan fingerprint density at radius 2 is 1.78 bits per heavy atom. The van der Waals surface area contributed by atoms with Gasteiger partial charge in [-0.25, -0.2) is 9.59 Å². The van der Waals surface area contributed by atoms with Crippen molar-refractivity contribution in [1.82, 2.24) is 14.1 Å². The third kappa shape index (κ3) is 7.20. The van der Waals surface area contributed by atoms with Gasteiger partial charge in [0.1, 0.15) is 18.9 Å². The third-order valence-corrected chi connectivity index (χ3v) is 7.21. The van der Waals surface area contributed by atoms with E-state index in [2.05, 4.69) is 4.98 Å². The minimum atomic E-state index is -1.53. The van der Waals surface area contributed by atoms with Crippen LogP contribution in [0.3, 0.4) is 0 Å². The highest BCUT2D eigenvalue weighted by Crippen LogP contribution is 2.31. The molecule has 4 aromatic rings. The summed E-state index contributed by atoms with van der Waals surface area (Å²) in [5, 5.41) is -0.0658. The zero-order valence-electron chi connectivity index (χ0n) is 24.0. The Morgan fingerprint density at radius 1 is 1.04 bits per heavy atom. The first-order chi connectivity index (χ1) is 22.0. The summed E-state index contributed by atoms with van der Waals surface area (Å²) >= 11 is 5.95. The first-order valence-electron chi connectivity index (χ1n) is 13.7. The highest BCUT2D eigenvalue weighted by Gasteiger charge is 2.39. The van der Waals surface area contributed by atoms with Crippen LogP contribution in [-0.4, -0.2) is 50.8 Å². The Morgan fingerprint density at radius 3 is 2.52 bits per heavy atom. The topological polar surface area (TPSA) is 165 Å². The van der Waals surface area contributed by atoms with Gasteiger partial charge in [-0.2, -0.15) is 8.96 Å². The van der Waals surface area contributed by atoms with Crippen LogP contribution in [0.5, 0.6) is 5.75 Å². The number of carbonyl (C=O) groups is 3. The number of H-pyrrole nitrogens is 1. The zero-order valence-corrected chi connectivity index (χ0v) is 24.8. The van der Waals surface area contributed by atoms with Crippen molar-refractivity contribution in [2.45, 2.75) is 38.4 Å². The Bertz CT molecular complexity index is 1970. The van der Waals surface area contributed by atoms with Crippen LogP contribution < -0.4 is 21.5 Å². The molecule has 0 amide bonds. The number of carbonyl (C=O) groups excluding carboxylic acids is 3. The van der Waals surface area contributed by atoms with E-state index in [0.717, 1.165) is 28.5 Å². The Hall–Kier alpha value is -5.18. The number of ether oxygens (including phenoxy) is 4. The number of aromatic amines is 1. The molecule has 1 aliphatic rings. The lowest BCUT2D eigenvalue weighted by Gasteiger charge is -2.18. The zero-order chi connectivity index (χ0) is 33.0. The van der Waals surface area contributed by atoms with Gasteiger partial charge in [0, 0.05) is 31.2 Å². The minimum absolute atomic E-state index is 0.0172. The number of halogens is 2. The fraction of sp³-hybridized carbons (Fsp3) is 0.226. The number of esters is 2. The van der Waals surface area contributed by atoms with Crippen molar-refractivity contribution in [1.29, 1.82) is 0 Å². The van der Waals surface area contributed by atoms with Crippen LogP contribution in [0.4, 0.5) is 4.39 Å². The number of aromatic nitrogens is 3. The first-order valence-corrected chi connectivity index (χ1v) is 14.1. The summed E-state index contributed by atoms with van der Waals surface area (Å²) in [6, 6.07) is 14.9. The average Bonchev–Trinajstić information content (AvgIpc) is 3.45. The van der Waals surface area contributed by atoms with E-state index in [1.54, 1.807) is 0 Å². The number of pyridine rings is 1. The molecule has 5 rings (SSSR count). The molecule has 2 aromatic carbocycles. The second-order valence-corrected chi connectivity index (χ2v) is 10.5. The number of nitrogens with one attached hydrogen (secondary N) is 1. The molecule has 1 N–H and O–H groups in total. The highest BCUT2D eigenvalue weighted by molar-refractivity contribution is 6.32.